The van der Waals surface area contributed by atoms with Crippen LogP contribution in [0.1, 0.15) is 16.7 Å². The van der Waals surface area contributed by atoms with Crippen molar-refractivity contribution in [2.24, 2.45) is 0 Å². The number of hydrogen-bond donors (Lipinski definition) is 1. The van der Waals surface area contributed by atoms with Crippen LogP contribution in [0.3, 0.4) is 0 Å². The molecule has 0 radical (unpaired) electrons. The molecular formula is C24H26N2O4S. The van der Waals surface area contributed by atoms with Gasteiger partial charge in [0.05, 0.1) is 4.90 Å². The number of rotatable bonds is 7. The number of benzene rings is 3. The zero-order chi connectivity index (χ0) is 22.6. The molecule has 0 spiro atoms. The number of carbonyl (C=O) groups excluding carboxylic acids is 1. The van der Waals surface area contributed by atoms with E-state index in [4.69, 9.17) is 4.74 Å². The van der Waals surface area contributed by atoms with E-state index in [1.54, 1.807) is 49.2 Å². The zero-order valence-corrected chi connectivity index (χ0v) is 18.9. The van der Waals surface area contributed by atoms with Crippen LogP contribution in [0.2, 0.25) is 0 Å². The Morgan fingerprint density at radius 1 is 0.903 bits per heavy atom. The number of aryl methyl sites for hydroxylation is 3. The Morgan fingerprint density at radius 3 is 2.26 bits per heavy atom. The van der Waals surface area contributed by atoms with Crippen molar-refractivity contribution in [3.63, 3.8) is 0 Å². The first-order chi connectivity index (χ1) is 14.7. The average molecular weight is 439 g/mol. The Balaban J connectivity index is 1.67. The lowest BCUT2D eigenvalue weighted by Crippen LogP contribution is -2.31. The second-order valence-electron chi connectivity index (χ2n) is 7.41. The number of hydrogen-bond acceptors (Lipinski definition) is 4. The van der Waals surface area contributed by atoms with Crippen LogP contribution in [0, 0.1) is 20.8 Å². The minimum absolute atomic E-state index is 0.125. The third-order valence-corrected chi connectivity index (χ3v) is 6.46. The minimum atomic E-state index is -3.72. The molecule has 3 aromatic carbocycles. The summed E-state index contributed by atoms with van der Waals surface area (Å²) in [5, 5.41) is 0. The number of amides is 1. The molecule has 1 N–H and O–H groups in total. The summed E-state index contributed by atoms with van der Waals surface area (Å²) >= 11 is 0. The maximum Gasteiger partial charge on any atom is 0.264 e. The molecule has 3 rings (SSSR count). The van der Waals surface area contributed by atoms with E-state index in [1.807, 2.05) is 38.1 Å². The molecule has 7 heteroatoms. The summed E-state index contributed by atoms with van der Waals surface area (Å²) in [5.41, 5.74) is 4.17. The standard InChI is InChI=1S/C24H26N2O4S/c1-17-10-11-21(14-18(17)2)26(4)24(27)16-30-23-13-12-22(15-19(23)3)31(28,29)25-20-8-6-5-7-9-20/h5-15,25H,16H2,1-4H3. The summed E-state index contributed by atoms with van der Waals surface area (Å²) < 4.78 is 33.5. The van der Waals surface area contributed by atoms with Gasteiger partial charge in [-0.25, -0.2) is 8.42 Å². The second kappa shape index (κ2) is 9.22. The fourth-order valence-electron chi connectivity index (χ4n) is 2.99. The van der Waals surface area contributed by atoms with Gasteiger partial charge < -0.3 is 9.64 Å². The van der Waals surface area contributed by atoms with E-state index in [9.17, 15) is 13.2 Å². The number of nitrogens with zero attached hydrogens (tertiary/aromatic N) is 1. The van der Waals surface area contributed by atoms with Gasteiger partial charge in [0.25, 0.3) is 15.9 Å². The highest BCUT2D eigenvalue weighted by Gasteiger charge is 2.17. The quantitative estimate of drug-likeness (QED) is 0.591. The predicted octanol–water partition coefficient (Wildman–Crippen LogP) is 4.45. The molecule has 0 aromatic heterocycles. The van der Waals surface area contributed by atoms with Crippen molar-refractivity contribution in [1.82, 2.24) is 0 Å². The summed E-state index contributed by atoms with van der Waals surface area (Å²) in [6.45, 7) is 5.61. The molecule has 0 unspecified atom stereocenters. The van der Waals surface area contributed by atoms with Crippen LogP contribution in [0.15, 0.2) is 71.6 Å². The van der Waals surface area contributed by atoms with Crippen LogP contribution in [-0.4, -0.2) is 28.0 Å². The summed E-state index contributed by atoms with van der Waals surface area (Å²) in [4.78, 5) is 14.2. The monoisotopic (exact) mass is 438 g/mol. The fourth-order valence-corrected chi connectivity index (χ4v) is 4.13. The van der Waals surface area contributed by atoms with Gasteiger partial charge in [-0.1, -0.05) is 24.3 Å². The van der Waals surface area contributed by atoms with Gasteiger partial charge in [-0.05, 0) is 79.9 Å². The van der Waals surface area contributed by atoms with Crippen molar-refractivity contribution in [1.29, 1.82) is 0 Å². The third kappa shape index (κ3) is 5.44. The number of ether oxygens (including phenoxy) is 1. The number of nitrogens with one attached hydrogen (secondary N) is 1. The van der Waals surface area contributed by atoms with Gasteiger partial charge in [-0.3, -0.25) is 9.52 Å². The van der Waals surface area contributed by atoms with Crippen molar-refractivity contribution < 1.29 is 17.9 Å². The first kappa shape index (κ1) is 22.4. The molecule has 0 saturated carbocycles. The third-order valence-electron chi connectivity index (χ3n) is 5.09. The van der Waals surface area contributed by atoms with Gasteiger partial charge in [0.2, 0.25) is 0 Å². The summed E-state index contributed by atoms with van der Waals surface area (Å²) in [6.07, 6.45) is 0. The Morgan fingerprint density at radius 2 is 1.61 bits per heavy atom. The molecule has 0 heterocycles. The Hall–Kier alpha value is -3.32. The van der Waals surface area contributed by atoms with Gasteiger partial charge in [-0.15, -0.1) is 0 Å². The molecule has 0 atom stereocenters. The molecule has 0 aliphatic rings. The van der Waals surface area contributed by atoms with Crippen molar-refractivity contribution >= 4 is 27.3 Å². The van der Waals surface area contributed by atoms with Gasteiger partial charge in [-0.2, -0.15) is 0 Å². The molecule has 0 aliphatic heterocycles. The molecule has 162 valence electrons. The lowest BCUT2D eigenvalue weighted by molar-refractivity contribution is -0.120. The SMILES string of the molecule is Cc1ccc(N(C)C(=O)COc2ccc(S(=O)(=O)Nc3ccccc3)cc2C)cc1C. The van der Waals surface area contributed by atoms with Crippen LogP contribution < -0.4 is 14.4 Å². The number of para-hydroxylation sites is 1. The van der Waals surface area contributed by atoms with E-state index in [2.05, 4.69) is 4.72 Å². The largest absolute Gasteiger partial charge is 0.483 e. The highest BCUT2D eigenvalue weighted by molar-refractivity contribution is 7.92. The maximum absolute atomic E-state index is 12.6. The van der Waals surface area contributed by atoms with Crippen LogP contribution in [-0.2, 0) is 14.8 Å². The minimum Gasteiger partial charge on any atom is -0.483 e. The molecule has 31 heavy (non-hydrogen) atoms. The molecular weight excluding hydrogens is 412 g/mol. The average Bonchev–Trinajstić information content (AvgIpc) is 2.74. The molecule has 0 saturated heterocycles. The van der Waals surface area contributed by atoms with Gasteiger partial charge in [0.1, 0.15) is 5.75 Å². The first-order valence-electron chi connectivity index (χ1n) is 9.82. The highest BCUT2D eigenvalue weighted by atomic mass is 32.2. The second-order valence-corrected chi connectivity index (χ2v) is 9.09. The number of anilines is 2. The van der Waals surface area contributed by atoms with Crippen LogP contribution >= 0.6 is 0 Å². The highest BCUT2D eigenvalue weighted by Crippen LogP contribution is 2.24. The van der Waals surface area contributed by atoms with Crippen molar-refractivity contribution in [2.45, 2.75) is 25.7 Å². The van der Waals surface area contributed by atoms with E-state index >= 15 is 0 Å². The van der Waals surface area contributed by atoms with Crippen molar-refractivity contribution in [3.8, 4) is 5.75 Å². The predicted molar refractivity (Wildman–Crippen MR) is 123 cm³/mol. The van der Waals surface area contributed by atoms with Crippen molar-refractivity contribution in [3.05, 3.63) is 83.4 Å². The summed E-state index contributed by atoms with van der Waals surface area (Å²) in [7, 11) is -2.02. The van der Waals surface area contributed by atoms with E-state index in [0.29, 0.717) is 17.0 Å². The lowest BCUT2D eigenvalue weighted by atomic mass is 10.1. The van der Waals surface area contributed by atoms with Crippen LogP contribution in [0.5, 0.6) is 5.75 Å². The normalized spacial score (nSPS) is 11.1. The van der Waals surface area contributed by atoms with Crippen LogP contribution in [0.4, 0.5) is 11.4 Å². The van der Waals surface area contributed by atoms with E-state index in [1.165, 1.54) is 12.1 Å². The Kier molecular flexibility index (Phi) is 6.65. The molecule has 3 aromatic rings. The Labute approximate surface area is 183 Å². The number of likely N-dealkylation sites (N-methyl/N-ethyl adjacent to an activating group) is 1. The Bertz CT molecular complexity index is 1190. The smallest absolute Gasteiger partial charge is 0.264 e. The van der Waals surface area contributed by atoms with Crippen molar-refractivity contribution in [2.75, 3.05) is 23.3 Å². The molecule has 0 fully saturated rings. The van der Waals surface area contributed by atoms with Gasteiger partial charge >= 0.3 is 0 Å². The molecule has 6 nitrogen and oxygen atoms in total. The molecule has 0 aliphatic carbocycles. The summed E-state index contributed by atoms with van der Waals surface area (Å²) in [5.74, 6) is 0.255. The lowest BCUT2D eigenvalue weighted by Gasteiger charge is -2.19. The zero-order valence-electron chi connectivity index (χ0n) is 18.0. The van der Waals surface area contributed by atoms with E-state index in [-0.39, 0.29) is 17.4 Å². The van der Waals surface area contributed by atoms with E-state index in [0.717, 1.165) is 16.8 Å². The molecule has 1 amide bonds. The first-order valence-corrected chi connectivity index (χ1v) is 11.3. The maximum atomic E-state index is 12.6. The number of carbonyl (C=O) groups is 1. The van der Waals surface area contributed by atoms with Gasteiger partial charge in [0, 0.05) is 18.4 Å². The van der Waals surface area contributed by atoms with E-state index < -0.39 is 10.0 Å². The molecule has 0 bridgehead atoms. The fraction of sp³-hybridized carbons (Fsp3) is 0.208. The van der Waals surface area contributed by atoms with Gasteiger partial charge in [0.15, 0.2) is 6.61 Å². The topological polar surface area (TPSA) is 75.7 Å². The number of sulfonamides is 1. The summed E-state index contributed by atoms with van der Waals surface area (Å²) in [6, 6.07) is 19.1. The van der Waals surface area contributed by atoms with Crippen LogP contribution in [0.25, 0.3) is 0 Å².